The number of nitrogens with one attached hydrogen (secondary N) is 1. The zero-order valence-corrected chi connectivity index (χ0v) is 11.3. The Labute approximate surface area is 105 Å². The van der Waals surface area contributed by atoms with Crippen molar-refractivity contribution in [2.75, 3.05) is 19.7 Å². The van der Waals surface area contributed by atoms with Gasteiger partial charge >= 0.3 is 0 Å². The average molecular weight is 244 g/mol. The number of carbonyl (C=O) groups excluding carboxylic acids is 1. The number of hydrogen-bond acceptors (Lipinski definition) is 3. The predicted molar refractivity (Wildman–Crippen MR) is 70.9 cm³/mol. The first-order chi connectivity index (χ1) is 8.16. The minimum Gasteiger partial charge on any atom is -0.379 e. The lowest BCUT2D eigenvalue weighted by Gasteiger charge is -2.08. The predicted octanol–water partition coefficient (Wildman–Crippen LogP) is 1.83. The molecule has 0 aliphatic rings. The maximum absolute atomic E-state index is 11.4. The van der Waals surface area contributed by atoms with Crippen LogP contribution in [-0.2, 0) is 9.53 Å². The molecular weight excluding hydrogens is 216 g/mol. The van der Waals surface area contributed by atoms with E-state index in [1.165, 1.54) is 0 Å². The Morgan fingerprint density at radius 2 is 1.88 bits per heavy atom. The van der Waals surface area contributed by atoms with Crippen molar-refractivity contribution in [3.63, 3.8) is 0 Å². The molecule has 0 aliphatic carbocycles. The van der Waals surface area contributed by atoms with Crippen LogP contribution in [0.5, 0.6) is 0 Å². The number of hydrogen-bond donors (Lipinski definition) is 2. The van der Waals surface area contributed by atoms with Gasteiger partial charge in [0.05, 0.1) is 6.10 Å². The third-order valence-electron chi connectivity index (χ3n) is 2.45. The Morgan fingerprint density at radius 1 is 1.18 bits per heavy atom. The van der Waals surface area contributed by atoms with Gasteiger partial charge in [-0.05, 0) is 39.7 Å². The minimum atomic E-state index is 0.155. The molecule has 102 valence electrons. The molecule has 0 saturated carbocycles. The topological polar surface area (TPSA) is 64.3 Å². The number of carbonyl (C=O) groups is 1. The zero-order valence-electron chi connectivity index (χ0n) is 11.3. The average Bonchev–Trinajstić information content (AvgIpc) is 2.28. The number of nitrogens with two attached hydrogens (primary N) is 1. The maximum Gasteiger partial charge on any atom is 0.219 e. The first-order valence-electron chi connectivity index (χ1n) is 6.75. The van der Waals surface area contributed by atoms with Crippen molar-refractivity contribution < 1.29 is 9.53 Å². The summed E-state index contributed by atoms with van der Waals surface area (Å²) in [6.45, 7) is 6.21. The lowest BCUT2D eigenvalue weighted by Crippen LogP contribution is -2.25. The molecular formula is C13H28N2O2. The summed E-state index contributed by atoms with van der Waals surface area (Å²) in [5.41, 5.74) is 5.39. The highest BCUT2D eigenvalue weighted by Crippen LogP contribution is 2.01. The molecule has 0 rings (SSSR count). The highest BCUT2D eigenvalue weighted by atomic mass is 16.5. The van der Waals surface area contributed by atoms with E-state index in [0.717, 1.165) is 38.6 Å². The van der Waals surface area contributed by atoms with Crippen LogP contribution in [0, 0.1) is 0 Å². The smallest absolute Gasteiger partial charge is 0.219 e. The van der Waals surface area contributed by atoms with Crippen LogP contribution in [-0.4, -0.2) is 31.7 Å². The molecule has 0 atom stereocenters. The van der Waals surface area contributed by atoms with E-state index < -0.39 is 0 Å². The van der Waals surface area contributed by atoms with Crippen molar-refractivity contribution in [2.45, 2.75) is 58.5 Å². The van der Waals surface area contributed by atoms with Crippen molar-refractivity contribution in [1.82, 2.24) is 5.32 Å². The van der Waals surface area contributed by atoms with Gasteiger partial charge in [0, 0.05) is 19.6 Å². The van der Waals surface area contributed by atoms with Crippen LogP contribution in [0.1, 0.15) is 52.4 Å². The molecule has 4 heteroatoms. The fourth-order valence-corrected chi connectivity index (χ4v) is 1.49. The van der Waals surface area contributed by atoms with Gasteiger partial charge in [0.25, 0.3) is 0 Å². The molecule has 0 aromatic rings. The fourth-order valence-electron chi connectivity index (χ4n) is 1.49. The van der Waals surface area contributed by atoms with E-state index in [1.807, 2.05) is 13.8 Å². The van der Waals surface area contributed by atoms with Gasteiger partial charge < -0.3 is 15.8 Å². The Balaban J connectivity index is 3.18. The molecule has 4 nitrogen and oxygen atoms in total. The van der Waals surface area contributed by atoms with Crippen LogP contribution >= 0.6 is 0 Å². The van der Waals surface area contributed by atoms with Gasteiger partial charge in [0.1, 0.15) is 0 Å². The van der Waals surface area contributed by atoms with Gasteiger partial charge in [-0.25, -0.2) is 0 Å². The zero-order chi connectivity index (χ0) is 12.9. The van der Waals surface area contributed by atoms with Gasteiger partial charge in [-0.2, -0.15) is 0 Å². The van der Waals surface area contributed by atoms with Crippen LogP contribution < -0.4 is 11.1 Å². The molecule has 0 spiro atoms. The van der Waals surface area contributed by atoms with E-state index in [2.05, 4.69) is 5.32 Å². The Kier molecular flexibility index (Phi) is 11.4. The first-order valence-corrected chi connectivity index (χ1v) is 6.75. The largest absolute Gasteiger partial charge is 0.379 e. The molecule has 0 aromatic heterocycles. The number of amides is 1. The molecule has 0 saturated heterocycles. The van der Waals surface area contributed by atoms with Gasteiger partial charge in [-0.3, -0.25) is 4.79 Å². The quantitative estimate of drug-likeness (QED) is 0.545. The molecule has 0 bridgehead atoms. The summed E-state index contributed by atoms with van der Waals surface area (Å²) in [6, 6.07) is 0. The fraction of sp³-hybridized carbons (Fsp3) is 0.923. The third-order valence-corrected chi connectivity index (χ3v) is 2.45. The molecule has 3 N–H and O–H groups in total. The van der Waals surface area contributed by atoms with Crippen LogP contribution in [0.2, 0.25) is 0 Å². The van der Waals surface area contributed by atoms with Crippen LogP contribution in [0.15, 0.2) is 0 Å². The van der Waals surface area contributed by atoms with Crippen molar-refractivity contribution in [3.8, 4) is 0 Å². The summed E-state index contributed by atoms with van der Waals surface area (Å²) in [6.07, 6.45) is 6.05. The van der Waals surface area contributed by atoms with E-state index in [4.69, 9.17) is 10.5 Å². The number of rotatable bonds is 11. The monoisotopic (exact) mass is 244 g/mol. The van der Waals surface area contributed by atoms with Gasteiger partial charge in [-0.15, -0.1) is 0 Å². The van der Waals surface area contributed by atoms with Gasteiger partial charge in [0.2, 0.25) is 5.91 Å². The first kappa shape index (κ1) is 16.4. The SMILES string of the molecule is CC(C)OCCCNC(=O)CCCCCCN. The summed E-state index contributed by atoms with van der Waals surface area (Å²) in [5.74, 6) is 0.155. The second-order valence-electron chi connectivity index (χ2n) is 4.58. The molecule has 1 amide bonds. The molecule has 0 aromatic carbocycles. The summed E-state index contributed by atoms with van der Waals surface area (Å²) < 4.78 is 5.39. The Morgan fingerprint density at radius 3 is 2.53 bits per heavy atom. The van der Waals surface area contributed by atoms with Crippen molar-refractivity contribution in [1.29, 1.82) is 0 Å². The standard InChI is InChI=1S/C13H28N2O2/c1-12(2)17-11-7-10-15-13(16)8-5-3-4-6-9-14/h12H,3-11,14H2,1-2H3,(H,15,16). The van der Waals surface area contributed by atoms with Crippen LogP contribution in [0.4, 0.5) is 0 Å². The summed E-state index contributed by atoms with van der Waals surface area (Å²) in [5, 5.41) is 2.90. The lowest BCUT2D eigenvalue weighted by molar-refractivity contribution is -0.121. The third kappa shape index (κ3) is 13.3. The van der Waals surface area contributed by atoms with E-state index in [1.54, 1.807) is 0 Å². The van der Waals surface area contributed by atoms with Gasteiger partial charge in [0.15, 0.2) is 0 Å². The van der Waals surface area contributed by atoms with Crippen molar-refractivity contribution in [3.05, 3.63) is 0 Å². The maximum atomic E-state index is 11.4. The molecule has 0 radical (unpaired) electrons. The number of ether oxygens (including phenoxy) is 1. The lowest BCUT2D eigenvalue weighted by atomic mass is 10.1. The van der Waals surface area contributed by atoms with Crippen molar-refractivity contribution >= 4 is 5.91 Å². The highest BCUT2D eigenvalue weighted by Gasteiger charge is 2.00. The van der Waals surface area contributed by atoms with E-state index in [0.29, 0.717) is 19.6 Å². The molecule has 0 unspecified atom stereocenters. The van der Waals surface area contributed by atoms with E-state index >= 15 is 0 Å². The normalized spacial score (nSPS) is 10.8. The summed E-state index contributed by atoms with van der Waals surface area (Å²) in [7, 11) is 0. The van der Waals surface area contributed by atoms with Crippen molar-refractivity contribution in [2.24, 2.45) is 5.73 Å². The van der Waals surface area contributed by atoms with E-state index in [9.17, 15) is 4.79 Å². The van der Waals surface area contributed by atoms with Crippen LogP contribution in [0.25, 0.3) is 0 Å². The van der Waals surface area contributed by atoms with Gasteiger partial charge in [-0.1, -0.05) is 12.8 Å². The molecule has 0 fully saturated rings. The Bertz CT molecular complexity index is 184. The molecule has 0 heterocycles. The summed E-state index contributed by atoms with van der Waals surface area (Å²) in [4.78, 5) is 11.4. The second-order valence-corrected chi connectivity index (χ2v) is 4.58. The summed E-state index contributed by atoms with van der Waals surface area (Å²) >= 11 is 0. The second kappa shape index (κ2) is 11.9. The van der Waals surface area contributed by atoms with E-state index in [-0.39, 0.29) is 12.0 Å². The Hall–Kier alpha value is -0.610. The molecule has 17 heavy (non-hydrogen) atoms. The molecule has 0 aliphatic heterocycles. The minimum absolute atomic E-state index is 0.155. The van der Waals surface area contributed by atoms with Crippen LogP contribution in [0.3, 0.4) is 0 Å². The number of unbranched alkanes of at least 4 members (excludes halogenated alkanes) is 3. The highest BCUT2D eigenvalue weighted by molar-refractivity contribution is 5.75.